The predicted octanol–water partition coefficient (Wildman–Crippen LogP) is 1.14. The van der Waals surface area contributed by atoms with Gasteiger partial charge in [-0.2, -0.15) is 0 Å². The van der Waals surface area contributed by atoms with Crippen molar-refractivity contribution in [2.24, 2.45) is 0 Å². The summed E-state index contributed by atoms with van der Waals surface area (Å²) < 4.78 is 28.2. The minimum absolute atomic E-state index is 0.0638. The summed E-state index contributed by atoms with van der Waals surface area (Å²) in [6, 6.07) is 7.07. The zero-order valence-corrected chi connectivity index (χ0v) is 13.7. The molecule has 1 aromatic carbocycles. The molecule has 1 heterocycles. The first-order valence-electron chi connectivity index (χ1n) is 7.32. The van der Waals surface area contributed by atoms with E-state index in [1.165, 1.54) is 0 Å². The van der Waals surface area contributed by atoms with Gasteiger partial charge in [-0.15, -0.1) is 0 Å². The second kappa shape index (κ2) is 7.11. The largest absolute Gasteiger partial charge is 0.497 e. The number of benzene rings is 1. The Morgan fingerprint density at radius 3 is 2.82 bits per heavy atom. The van der Waals surface area contributed by atoms with Crippen molar-refractivity contribution in [2.45, 2.75) is 19.4 Å². The number of hydrogen-bond donors (Lipinski definition) is 1. The second-order valence-corrected chi connectivity index (χ2v) is 7.63. The molecule has 0 spiro atoms. The van der Waals surface area contributed by atoms with E-state index in [1.54, 1.807) is 31.4 Å². The van der Waals surface area contributed by atoms with E-state index in [2.05, 4.69) is 5.32 Å². The number of nitrogens with zero attached hydrogens (tertiary/aromatic N) is 1. The first-order valence-corrected chi connectivity index (χ1v) is 9.14. The maximum Gasteiger partial charge on any atom is 0.238 e. The lowest BCUT2D eigenvalue weighted by atomic mass is 10.2. The summed E-state index contributed by atoms with van der Waals surface area (Å²) in [6.45, 7) is 2.77. The molecule has 7 heteroatoms. The third kappa shape index (κ3) is 4.45. The normalized spacial score (nSPS) is 20.0. The molecule has 1 aliphatic heterocycles. The Hall–Kier alpha value is -1.60. The average Bonchev–Trinajstić information content (AvgIpc) is 2.85. The highest BCUT2D eigenvalue weighted by atomic mass is 32.2. The minimum atomic E-state index is -2.94. The summed E-state index contributed by atoms with van der Waals surface area (Å²) in [6.07, 6.45) is 0.600. The van der Waals surface area contributed by atoms with Crippen LogP contribution in [0, 0.1) is 0 Å². The van der Waals surface area contributed by atoms with Crippen LogP contribution < -0.4 is 10.1 Å². The van der Waals surface area contributed by atoms with Crippen molar-refractivity contribution in [1.29, 1.82) is 0 Å². The van der Waals surface area contributed by atoms with E-state index in [0.29, 0.717) is 24.4 Å². The third-order valence-corrected chi connectivity index (χ3v) is 5.58. The molecule has 22 heavy (non-hydrogen) atoms. The van der Waals surface area contributed by atoms with Crippen LogP contribution in [0.15, 0.2) is 24.3 Å². The Bertz CT molecular complexity index is 630. The Morgan fingerprint density at radius 2 is 2.23 bits per heavy atom. The Morgan fingerprint density at radius 1 is 1.45 bits per heavy atom. The Balaban J connectivity index is 1.94. The molecule has 1 unspecified atom stereocenters. The van der Waals surface area contributed by atoms with Gasteiger partial charge in [0.05, 0.1) is 25.2 Å². The Labute approximate surface area is 131 Å². The molecule has 0 saturated carbocycles. The lowest BCUT2D eigenvalue weighted by Crippen LogP contribution is -2.41. The van der Waals surface area contributed by atoms with Gasteiger partial charge >= 0.3 is 0 Å². The van der Waals surface area contributed by atoms with Gasteiger partial charge in [-0.1, -0.05) is 13.0 Å². The average molecular weight is 326 g/mol. The molecular weight excluding hydrogens is 304 g/mol. The lowest BCUT2D eigenvalue weighted by molar-refractivity contribution is -0.117. The SMILES string of the molecule is CCN(CC(=O)Nc1cccc(OC)c1)C1CCS(=O)(=O)C1. The molecule has 1 aromatic rings. The van der Waals surface area contributed by atoms with Crippen molar-refractivity contribution < 1.29 is 17.9 Å². The van der Waals surface area contributed by atoms with Crippen LogP contribution in [0.4, 0.5) is 5.69 Å². The van der Waals surface area contributed by atoms with Gasteiger partial charge in [-0.05, 0) is 25.1 Å². The summed E-state index contributed by atoms with van der Waals surface area (Å²) in [5, 5.41) is 2.82. The topological polar surface area (TPSA) is 75.7 Å². The highest BCUT2D eigenvalue weighted by molar-refractivity contribution is 7.91. The molecule has 1 atom stereocenters. The van der Waals surface area contributed by atoms with Gasteiger partial charge in [0.15, 0.2) is 9.84 Å². The van der Waals surface area contributed by atoms with Crippen LogP contribution in [0.1, 0.15) is 13.3 Å². The van der Waals surface area contributed by atoms with Gasteiger partial charge in [0, 0.05) is 17.8 Å². The first kappa shape index (κ1) is 16.8. The van der Waals surface area contributed by atoms with Crippen LogP contribution in [0.2, 0.25) is 0 Å². The number of methoxy groups -OCH3 is 1. The van der Waals surface area contributed by atoms with Crippen LogP contribution in [0.5, 0.6) is 5.75 Å². The molecule has 1 amide bonds. The number of anilines is 1. The number of carbonyl (C=O) groups is 1. The molecule has 1 aliphatic rings. The molecule has 6 nitrogen and oxygen atoms in total. The number of likely N-dealkylation sites (N-methyl/N-ethyl adjacent to an activating group) is 1. The van der Waals surface area contributed by atoms with E-state index in [4.69, 9.17) is 4.74 Å². The van der Waals surface area contributed by atoms with Gasteiger partial charge in [0.1, 0.15) is 5.75 Å². The number of rotatable bonds is 6. The number of carbonyl (C=O) groups excluding carboxylic acids is 1. The van der Waals surface area contributed by atoms with Gasteiger partial charge < -0.3 is 10.1 Å². The quantitative estimate of drug-likeness (QED) is 0.848. The first-order chi connectivity index (χ1) is 10.4. The van der Waals surface area contributed by atoms with Crippen molar-refractivity contribution in [3.8, 4) is 5.75 Å². The molecule has 2 rings (SSSR count). The van der Waals surface area contributed by atoms with E-state index in [-0.39, 0.29) is 30.0 Å². The van der Waals surface area contributed by atoms with E-state index >= 15 is 0 Å². The lowest BCUT2D eigenvalue weighted by Gasteiger charge is -2.25. The molecule has 1 fully saturated rings. The standard InChI is InChI=1S/C15H22N2O4S/c1-3-17(13-7-8-22(19,20)11-13)10-15(18)16-12-5-4-6-14(9-12)21-2/h4-6,9,13H,3,7-8,10-11H2,1-2H3,(H,16,18). The molecule has 0 bridgehead atoms. The fourth-order valence-electron chi connectivity index (χ4n) is 2.65. The smallest absolute Gasteiger partial charge is 0.238 e. The predicted molar refractivity (Wildman–Crippen MR) is 85.9 cm³/mol. The molecule has 0 aromatic heterocycles. The minimum Gasteiger partial charge on any atom is -0.497 e. The van der Waals surface area contributed by atoms with Crippen LogP contribution in [0.3, 0.4) is 0 Å². The number of amides is 1. The maximum absolute atomic E-state index is 12.2. The maximum atomic E-state index is 12.2. The second-order valence-electron chi connectivity index (χ2n) is 5.40. The summed E-state index contributed by atoms with van der Waals surface area (Å²) in [5.41, 5.74) is 0.666. The fraction of sp³-hybridized carbons (Fsp3) is 0.533. The van der Waals surface area contributed by atoms with Gasteiger partial charge in [-0.25, -0.2) is 8.42 Å². The number of sulfone groups is 1. The van der Waals surface area contributed by atoms with E-state index in [0.717, 1.165) is 0 Å². The van der Waals surface area contributed by atoms with Crippen molar-refractivity contribution in [2.75, 3.05) is 37.0 Å². The summed E-state index contributed by atoms with van der Waals surface area (Å²) in [4.78, 5) is 14.1. The molecule has 1 N–H and O–H groups in total. The van der Waals surface area contributed by atoms with Crippen LogP contribution >= 0.6 is 0 Å². The van der Waals surface area contributed by atoms with Gasteiger partial charge in [0.25, 0.3) is 0 Å². The number of ether oxygens (including phenoxy) is 1. The molecule has 1 saturated heterocycles. The summed E-state index contributed by atoms with van der Waals surface area (Å²) >= 11 is 0. The monoisotopic (exact) mass is 326 g/mol. The van der Waals surface area contributed by atoms with Crippen molar-refractivity contribution >= 4 is 21.4 Å². The molecule has 122 valence electrons. The summed E-state index contributed by atoms with van der Waals surface area (Å²) in [7, 11) is -1.37. The highest BCUT2D eigenvalue weighted by Crippen LogP contribution is 2.19. The summed E-state index contributed by atoms with van der Waals surface area (Å²) in [5.74, 6) is 0.880. The van der Waals surface area contributed by atoms with Crippen molar-refractivity contribution in [3.63, 3.8) is 0 Å². The Kier molecular flexibility index (Phi) is 5.42. The molecular formula is C15H22N2O4S. The zero-order valence-electron chi connectivity index (χ0n) is 12.9. The highest BCUT2D eigenvalue weighted by Gasteiger charge is 2.32. The van der Waals surface area contributed by atoms with E-state index in [1.807, 2.05) is 11.8 Å². The van der Waals surface area contributed by atoms with Crippen molar-refractivity contribution in [3.05, 3.63) is 24.3 Å². The van der Waals surface area contributed by atoms with Crippen LogP contribution in [-0.4, -0.2) is 57.0 Å². The number of hydrogen-bond acceptors (Lipinski definition) is 5. The fourth-order valence-corrected chi connectivity index (χ4v) is 4.41. The van der Waals surface area contributed by atoms with Crippen LogP contribution in [-0.2, 0) is 14.6 Å². The third-order valence-electron chi connectivity index (χ3n) is 3.83. The van der Waals surface area contributed by atoms with E-state index < -0.39 is 9.84 Å². The number of nitrogens with one attached hydrogen (secondary N) is 1. The van der Waals surface area contributed by atoms with E-state index in [9.17, 15) is 13.2 Å². The van der Waals surface area contributed by atoms with Gasteiger partial charge in [0.2, 0.25) is 5.91 Å². The van der Waals surface area contributed by atoms with Crippen molar-refractivity contribution in [1.82, 2.24) is 4.90 Å². The molecule has 0 radical (unpaired) electrons. The van der Waals surface area contributed by atoms with Gasteiger partial charge in [-0.3, -0.25) is 9.69 Å². The molecule has 0 aliphatic carbocycles. The van der Waals surface area contributed by atoms with Crippen LogP contribution in [0.25, 0.3) is 0 Å². The zero-order chi connectivity index (χ0) is 16.2.